The molecule has 1 amide bonds. The maximum absolute atomic E-state index is 11.1. The molecule has 0 unspecified atom stereocenters. The van der Waals surface area contributed by atoms with Crippen LogP contribution in [0.5, 0.6) is 0 Å². The molecule has 0 radical (unpaired) electrons. The van der Waals surface area contributed by atoms with Gasteiger partial charge >= 0.3 is 6.09 Å². The SMILES string of the molecule is O=C(O)N1CCC[C@H](Nc2cc(Cc3cccnc3)cc(Cl)n2)C1. The monoisotopic (exact) mass is 346 g/mol. The molecule has 1 aliphatic rings. The molecule has 2 aromatic heterocycles. The first kappa shape index (κ1) is 16.5. The third-order valence-corrected chi connectivity index (χ3v) is 4.22. The van der Waals surface area contributed by atoms with Crippen molar-refractivity contribution in [3.05, 3.63) is 52.9 Å². The van der Waals surface area contributed by atoms with Gasteiger partial charge in [0.25, 0.3) is 0 Å². The van der Waals surface area contributed by atoms with E-state index in [1.807, 2.05) is 30.5 Å². The maximum Gasteiger partial charge on any atom is 0.407 e. The molecular formula is C17H19ClN4O2. The van der Waals surface area contributed by atoms with E-state index in [4.69, 9.17) is 16.7 Å². The largest absolute Gasteiger partial charge is 0.465 e. The van der Waals surface area contributed by atoms with Crippen LogP contribution < -0.4 is 5.32 Å². The Balaban J connectivity index is 1.70. The molecule has 0 spiro atoms. The first-order valence-corrected chi connectivity index (χ1v) is 8.28. The second-order valence-corrected chi connectivity index (χ2v) is 6.32. The van der Waals surface area contributed by atoms with E-state index in [0.717, 1.165) is 30.4 Å². The quantitative estimate of drug-likeness (QED) is 0.831. The smallest absolute Gasteiger partial charge is 0.407 e. The van der Waals surface area contributed by atoms with Gasteiger partial charge < -0.3 is 15.3 Å². The van der Waals surface area contributed by atoms with Crippen LogP contribution in [0.25, 0.3) is 0 Å². The van der Waals surface area contributed by atoms with Gasteiger partial charge in [0.2, 0.25) is 0 Å². The first-order valence-electron chi connectivity index (χ1n) is 7.90. The van der Waals surface area contributed by atoms with Crippen molar-refractivity contribution in [3.8, 4) is 0 Å². The van der Waals surface area contributed by atoms with Crippen LogP contribution in [0.4, 0.5) is 10.6 Å². The van der Waals surface area contributed by atoms with Gasteiger partial charge in [-0.3, -0.25) is 4.98 Å². The summed E-state index contributed by atoms with van der Waals surface area (Å²) in [6.45, 7) is 1.05. The second kappa shape index (κ2) is 7.49. The molecule has 1 saturated heterocycles. The van der Waals surface area contributed by atoms with Gasteiger partial charge in [-0.05, 0) is 48.6 Å². The number of carbonyl (C=O) groups is 1. The van der Waals surface area contributed by atoms with Crippen LogP contribution in [-0.2, 0) is 6.42 Å². The van der Waals surface area contributed by atoms with Crippen LogP contribution in [0.2, 0.25) is 5.15 Å². The van der Waals surface area contributed by atoms with Gasteiger partial charge in [-0.25, -0.2) is 9.78 Å². The Morgan fingerprint density at radius 1 is 1.42 bits per heavy atom. The predicted molar refractivity (Wildman–Crippen MR) is 92.5 cm³/mol. The minimum atomic E-state index is -0.877. The van der Waals surface area contributed by atoms with E-state index < -0.39 is 6.09 Å². The number of carboxylic acid groups (broad SMARTS) is 1. The van der Waals surface area contributed by atoms with E-state index in [1.54, 1.807) is 6.20 Å². The Hall–Kier alpha value is -2.34. The van der Waals surface area contributed by atoms with Crippen molar-refractivity contribution in [2.24, 2.45) is 0 Å². The molecule has 0 bridgehead atoms. The lowest BCUT2D eigenvalue weighted by Crippen LogP contribution is -2.44. The van der Waals surface area contributed by atoms with Crippen LogP contribution >= 0.6 is 11.6 Å². The maximum atomic E-state index is 11.1. The van der Waals surface area contributed by atoms with E-state index >= 15 is 0 Å². The standard InChI is InChI=1S/C17H19ClN4O2/c18-15-8-13(7-12-3-1-5-19-10-12)9-16(21-15)20-14-4-2-6-22(11-14)17(23)24/h1,3,5,8-10,14H,2,4,6-7,11H2,(H,20,21)(H,23,24)/t14-/m0/s1. The van der Waals surface area contributed by atoms with Crippen LogP contribution in [-0.4, -0.2) is 45.2 Å². The number of pyridine rings is 2. The van der Waals surface area contributed by atoms with E-state index in [0.29, 0.717) is 24.1 Å². The summed E-state index contributed by atoms with van der Waals surface area (Å²) in [6.07, 6.45) is 5.16. The molecule has 3 heterocycles. The van der Waals surface area contributed by atoms with Crippen LogP contribution in [0.3, 0.4) is 0 Å². The van der Waals surface area contributed by atoms with Crippen molar-refractivity contribution in [2.45, 2.75) is 25.3 Å². The van der Waals surface area contributed by atoms with Gasteiger partial charge in [-0.15, -0.1) is 0 Å². The molecular weight excluding hydrogens is 328 g/mol. The lowest BCUT2D eigenvalue weighted by Gasteiger charge is -2.31. The summed E-state index contributed by atoms with van der Waals surface area (Å²) in [5.74, 6) is 0.679. The zero-order chi connectivity index (χ0) is 16.9. The van der Waals surface area contributed by atoms with Crippen molar-refractivity contribution >= 4 is 23.5 Å². The number of nitrogens with zero attached hydrogens (tertiary/aromatic N) is 3. The number of aromatic nitrogens is 2. The number of hydrogen-bond donors (Lipinski definition) is 2. The molecule has 7 heteroatoms. The van der Waals surface area contributed by atoms with Gasteiger partial charge in [0.05, 0.1) is 0 Å². The number of likely N-dealkylation sites (tertiary alicyclic amines) is 1. The minimum absolute atomic E-state index is 0.0482. The minimum Gasteiger partial charge on any atom is -0.465 e. The van der Waals surface area contributed by atoms with Crippen LogP contribution in [0, 0.1) is 0 Å². The molecule has 0 aromatic carbocycles. The van der Waals surface area contributed by atoms with Crippen molar-refractivity contribution in [1.82, 2.24) is 14.9 Å². The van der Waals surface area contributed by atoms with E-state index in [1.165, 1.54) is 4.90 Å². The van der Waals surface area contributed by atoms with E-state index in [9.17, 15) is 4.79 Å². The van der Waals surface area contributed by atoms with Gasteiger partial charge in [-0.1, -0.05) is 17.7 Å². The number of anilines is 1. The third-order valence-electron chi connectivity index (χ3n) is 4.03. The third kappa shape index (κ3) is 4.35. The Morgan fingerprint density at radius 3 is 3.04 bits per heavy atom. The van der Waals surface area contributed by atoms with Crippen LogP contribution in [0.1, 0.15) is 24.0 Å². The zero-order valence-electron chi connectivity index (χ0n) is 13.2. The summed E-state index contributed by atoms with van der Waals surface area (Å²) >= 11 is 6.14. The number of halogens is 1. The summed E-state index contributed by atoms with van der Waals surface area (Å²) < 4.78 is 0. The molecule has 1 fully saturated rings. The summed E-state index contributed by atoms with van der Waals surface area (Å²) in [6, 6.07) is 7.76. The fourth-order valence-electron chi connectivity index (χ4n) is 2.94. The van der Waals surface area contributed by atoms with E-state index in [-0.39, 0.29) is 6.04 Å². The Morgan fingerprint density at radius 2 is 2.29 bits per heavy atom. The summed E-state index contributed by atoms with van der Waals surface area (Å²) in [5, 5.41) is 12.9. The van der Waals surface area contributed by atoms with Gasteiger partial charge in [-0.2, -0.15) is 0 Å². The molecule has 2 N–H and O–H groups in total. The Kier molecular flexibility index (Phi) is 5.15. The fraction of sp³-hybridized carbons (Fsp3) is 0.353. The molecule has 0 saturated carbocycles. The van der Waals surface area contributed by atoms with Gasteiger partial charge in [0, 0.05) is 31.5 Å². The Bertz CT molecular complexity index is 711. The Labute approximate surface area is 145 Å². The van der Waals surface area contributed by atoms with Crippen molar-refractivity contribution < 1.29 is 9.90 Å². The number of hydrogen-bond acceptors (Lipinski definition) is 4. The first-order chi connectivity index (χ1) is 11.6. The van der Waals surface area contributed by atoms with Crippen molar-refractivity contribution in [1.29, 1.82) is 0 Å². The number of rotatable bonds is 4. The lowest BCUT2D eigenvalue weighted by molar-refractivity contribution is 0.133. The van der Waals surface area contributed by atoms with Crippen LogP contribution in [0.15, 0.2) is 36.7 Å². The predicted octanol–water partition coefficient (Wildman–Crippen LogP) is 3.28. The highest BCUT2D eigenvalue weighted by Gasteiger charge is 2.23. The highest BCUT2D eigenvalue weighted by Crippen LogP contribution is 2.20. The summed E-state index contributed by atoms with van der Waals surface area (Å²) in [5.41, 5.74) is 2.14. The highest BCUT2D eigenvalue weighted by atomic mass is 35.5. The molecule has 6 nitrogen and oxygen atoms in total. The van der Waals surface area contributed by atoms with Gasteiger partial charge in [0.1, 0.15) is 11.0 Å². The number of nitrogens with one attached hydrogen (secondary N) is 1. The normalized spacial score (nSPS) is 17.5. The average Bonchev–Trinajstić information content (AvgIpc) is 2.55. The molecule has 3 rings (SSSR count). The fourth-order valence-corrected chi connectivity index (χ4v) is 3.17. The number of amides is 1. The highest BCUT2D eigenvalue weighted by molar-refractivity contribution is 6.29. The molecule has 24 heavy (non-hydrogen) atoms. The average molecular weight is 347 g/mol. The zero-order valence-corrected chi connectivity index (χ0v) is 13.9. The molecule has 1 atom stereocenters. The summed E-state index contributed by atoms with van der Waals surface area (Å²) in [4.78, 5) is 21.0. The molecule has 2 aromatic rings. The summed E-state index contributed by atoms with van der Waals surface area (Å²) in [7, 11) is 0. The van der Waals surface area contributed by atoms with Gasteiger partial charge in [0.15, 0.2) is 0 Å². The molecule has 1 aliphatic heterocycles. The lowest BCUT2D eigenvalue weighted by atomic mass is 10.1. The topological polar surface area (TPSA) is 78.4 Å². The van der Waals surface area contributed by atoms with Crippen molar-refractivity contribution in [2.75, 3.05) is 18.4 Å². The van der Waals surface area contributed by atoms with Crippen molar-refractivity contribution in [3.63, 3.8) is 0 Å². The van der Waals surface area contributed by atoms with E-state index in [2.05, 4.69) is 15.3 Å². The second-order valence-electron chi connectivity index (χ2n) is 5.93. The number of piperidine rings is 1. The molecule has 0 aliphatic carbocycles. The molecule has 126 valence electrons.